The molecule has 1 aromatic heterocycles. The molecule has 0 saturated heterocycles. The molecule has 0 bridgehead atoms. The van der Waals surface area contributed by atoms with Gasteiger partial charge < -0.3 is 10.6 Å². The number of rotatable bonds is 4. The average molecular weight is 461 g/mol. The zero-order valence-corrected chi connectivity index (χ0v) is 15.5. The zero-order valence-electron chi connectivity index (χ0n) is 13.4. The second-order valence-corrected chi connectivity index (χ2v) is 6.57. The molecule has 0 fully saturated rings. The first kappa shape index (κ1) is 18.0. The summed E-state index contributed by atoms with van der Waals surface area (Å²) in [5.74, 6) is -1.39. The average Bonchev–Trinajstić information content (AvgIpc) is 2.64. The van der Waals surface area contributed by atoms with Crippen LogP contribution in [0.5, 0.6) is 0 Å². The molecule has 0 aliphatic carbocycles. The number of aromatic nitrogens is 1. The number of hydrogen-bond donors (Lipinski definition) is 2. The van der Waals surface area contributed by atoms with Crippen LogP contribution >= 0.6 is 22.6 Å². The van der Waals surface area contributed by atoms with Crippen molar-refractivity contribution in [2.45, 2.75) is 0 Å². The van der Waals surface area contributed by atoms with Crippen LogP contribution in [-0.4, -0.2) is 16.8 Å². The van der Waals surface area contributed by atoms with Crippen LogP contribution in [0.15, 0.2) is 66.9 Å². The van der Waals surface area contributed by atoms with Gasteiger partial charge >= 0.3 is 0 Å². The fraction of sp³-hybridized carbons (Fsp3) is 0. The number of carbonyl (C=O) groups excluding carboxylic acids is 2. The van der Waals surface area contributed by atoms with E-state index in [2.05, 4.69) is 38.2 Å². The molecule has 1 heterocycles. The molecule has 26 heavy (non-hydrogen) atoms. The first-order valence-electron chi connectivity index (χ1n) is 7.62. The van der Waals surface area contributed by atoms with Gasteiger partial charge in [0.2, 0.25) is 0 Å². The Labute approximate surface area is 162 Å². The van der Waals surface area contributed by atoms with Gasteiger partial charge in [-0.2, -0.15) is 0 Å². The smallest absolute Gasteiger partial charge is 0.274 e. The van der Waals surface area contributed by atoms with E-state index in [0.29, 0.717) is 5.56 Å². The van der Waals surface area contributed by atoms with Crippen molar-refractivity contribution in [1.82, 2.24) is 4.98 Å². The molecule has 7 heteroatoms. The molecule has 130 valence electrons. The number of nitrogens with zero attached hydrogens (tertiary/aromatic N) is 1. The number of carbonyl (C=O) groups is 2. The summed E-state index contributed by atoms with van der Waals surface area (Å²) in [5, 5.41) is 5.27. The van der Waals surface area contributed by atoms with Gasteiger partial charge in [0, 0.05) is 15.3 Å². The highest BCUT2D eigenvalue weighted by atomic mass is 127. The number of anilines is 2. The topological polar surface area (TPSA) is 71.1 Å². The Balaban J connectivity index is 1.84. The molecule has 0 unspecified atom stereocenters. The number of hydrogen-bond acceptors (Lipinski definition) is 3. The molecule has 0 aliphatic heterocycles. The molecule has 3 aromatic rings. The molecular formula is C19H13FIN3O2. The fourth-order valence-corrected chi connectivity index (χ4v) is 2.78. The Morgan fingerprint density at radius 1 is 0.885 bits per heavy atom. The zero-order chi connectivity index (χ0) is 18.5. The third kappa shape index (κ3) is 4.42. The number of halogens is 2. The molecule has 2 aromatic carbocycles. The quantitative estimate of drug-likeness (QED) is 0.569. The van der Waals surface area contributed by atoms with Crippen LogP contribution in [0, 0.1) is 9.39 Å². The summed E-state index contributed by atoms with van der Waals surface area (Å²) in [6.45, 7) is 0. The highest BCUT2D eigenvalue weighted by Crippen LogP contribution is 2.24. The predicted molar refractivity (Wildman–Crippen MR) is 106 cm³/mol. The van der Waals surface area contributed by atoms with E-state index in [0.717, 1.165) is 9.64 Å². The maximum atomic E-state index is 13.6. The van der Waals surface area contributed by atoms with E-state index in [1.165, 1.54) is 18.3 Å². The monoisotopic (exact) mass is 461 g/mol. The molecule has 2 amide bonds. The Hall–Kier alpha value is -2.81. The van der Waals surface area contributed by atoms with E-state index in [-0.39, 0.29) is 17.1 Å². The number of pyridine rings is 1. The largest absolute Gasteiger partial charge is 0.320 e. The van der Waals surface area contributed by atoms with Crippen molar-refractivity contribution in [3.05, 3.63) is 87.5 Å². The van der Waals surface area contributed by atoms with Crippen molar-refractivity contribution in [2.24, 2.45) is 0 Å². The minimum Gasteiger partial charge on any atom is -0.320 e. The van der Waals surface area contributed by atoms with Crippen LogP contribution in [0.4, 0.5) is 15.8 Å². The lowest BCUT2D eigenvalue weighted by molar-refractivity contribution is 0.101. The van der Waals surface area contributed by atoms with Crippen molar-refractivity contribution in [2.75, 3.05) is 10.6 Å². The van der Waals surface area contributed by atoms with Crippen LogP contribution in [0.25, 0.3) is 0 Å². The van der Waals surface area contributed by atoms with Gasteiger partial charge in [-0.05, 0) is 71.1 Å². The summed E-state index contributed by atoms with van der Waals surface area (Å²) in [6, 6.07) is 15.7. The van der Waals surface area contributed by atoms with Gasteiger partial charge in [0.25, 0.3) is 11.8 Å². The van der Waals surface area contributed by atoms with Crippen molar-refractivity contribution < 1.29 is 14.0 Å². The molecule has 0 aliphatic rings. The normalized spacial score (nSPS) is 10.2. The van der Waals surface area contributed by atoms with Crippen molar-refractivity contribution in [3.63, 3.8) is 0 Å². The molecule has 3 rings (SSSR count). The molecule has 5 nitrogen and oxygen atoms in total. The van der Waals surface area contributed by atoms with E-state index in [1.807, 2.05) is 6.07 Å². The first-order valence-corrected chi connectivity index (χ1v) is 8.69. The summed E-state index contributed by atoms with van der Waals surface area (Å²) in [7, 11) is 0. The van der Waals surface area contributed by atoms with Crippen LogP contribution in [0.2, 0.25) is 0 Å². The third-order valence-electron chi connectivity index (χ3n) is 3.46. The van der Waals surface area contributed by atoms with Gasteiger partial charge in [-0.15, -0.1) is 0 Å². The van der Waals surface area contributed by atoms with E-state index < -0.39 is 17.6 Å². The third-order valence-corrected chi connectivity index (χ3v) is 4.13. The van der Waals surface area contributed by atoms with Crippen LogP contribution < -0.4 is 10.6 Å². The highest BCUT2D eigenvalue weighted by molar-refractivity contribution is 14.1. The van der Waals surface area contributed by atoms with Gasteiger partial charge in [-0.1, -0.05) is 12.1 Å². The van der Waals surface area contributed by atoms with E-state index in [9.17, 15) is 14.0 Å². The van der Waals surface area contributed by atoms with Crippen LogP contribution in [-0.2, 0) is 0 Å². The second kappa shape index (κ2) is 8.05. The van der Waals surface area contributed by atoms with Gasteiger partial charge in [0.1, 0.15) is 11.5 Å². The first-order chi connectivity index (χ1) is 12.5. The molecule has 0 atom stereocenters. The SMILES string of the molecule is O=C(Nc1cc(F)ccc1NC(=O)c1ccccn1)c1cccc(I)c1. The summed E-state index contributed by atoms with van der Waals surface area (Å²) in [5.41, 5.74) is 1.09. The lowest BCUT2D eigenvalue weighted by Crippen LogP contribution is -2.17. The summed E-state index contributed by atoms with van der Waals surface area (Å²) < 4.78 is 14.5. The predicted octanol–water partition coefficient (Wildman–Crippen LogP) is 4.33. The van der Waals surface area contributed by atoms with Crippen molar-refractivity contribution >= 4 is 45.8 Å². The molecular weight excluding hydrogens is 448 g/mol. The maximum absolute atomic E-state index is 13.6. The summed E-state index contributed by atoms with van der Waals surface area (Å²) in [4.78, 5) is 28.7. The van der Waals surface area contributed by atoms with Crippen molar-refractivity contribution in [1.29, 1.82) is 0 Å². The Bertz CT molecular complexity index is 964. The molecule has 0 spiro atoms. The second-order valence-electron chi connectivity index (χ2n) is 5.32. The number of amides is 2. The lowest BCUT2D eigenvalue weighted by Gasteiger charge is -2.12. The highest BCUT2D eigenvalue weighted by Gasteiger charge is 2.14. The molecule has 0 saturated carbocycles. The Morgan fingerprint density at radius 3 is 2.42 bits per heavy atom. The number of nitrogens with one attached hydrogen (secondary N) is 2. The number of benzene rings is 2. The summed E-state index contributed by atoms with van der Waals surface area (Å²) >= 11 is 2.10. The minimum atomic E-state index is -0.529. The van der Waals surface area contributed by atoms with Gasteiger partial charge in [-0.3, -0.25) is 14.6 Å². The Kier molecular flexibility index (Phi) is 5.57. The van der Waals surface area contributed by atoms with Gasteiger partial charge in [-0.25, -0.2) is 4.39 Å². The van der Waals surface area contributed by atoms with Gasteiger partial charge in [0.15, 0.2) is 0 Å². The van der Waals surface area contributed by atoms with Crippen LogP contribution in [0.1, 0.15) is 20.8 Å². The molecule has 2 N–H and O–H groups in total. The fourth-order valence-electron chi connectivity index (χ4n) is 2.24. The lowest BCUT2D eigenvalue weighted by atomic mass is 10.2. The minimum absolute atomic E-state index is 0.165. The Morgan fingerprint density at radius 2 is 1.69 bits per heavy atom. The summed E-state index contributed by atoms with van der Waals surface area (Å²) in [6.07, 6.45) is 1.50. The van der Waals surface area contributed by atoms with Crippen molar-refractivity contribution in [3.8, 4) is 0 Å². The molecule has 0 radical (unpaired) electrons. The van der Waals surface area contributed by atoms with Crippen LogP contribution in [0.3, 0.4) is 0 Å². The van der Waals surface area contributed by atoms with Gasteiger partial charge in [0.05, 0.1) is 11.4 Å². The standard InChI is InChI=1S/C19H13FIN3O2/c20-13-7-8-15(23-19(26)16-6-1-2-9-22-16)17(11-13)24-18(25)12-4-3-5-14(21)10-12/h1-11H,(H,23,26)(H,24,25). The van der Waals surface area contributed by atoms with E-state index in [4.69, 9.17) is 0 Å². The maximum Gasteiger partial charge on any atom is 0.274 e. The van der Waals surface area contributed by atoms with E-state index >= 15 is 0 Å². The van der Waals surface area contributed by atoms with E-state index in [1.54, 1.807) is 36.4 Å².